The molecule has 3 heterocycles. The fourth-order valence-electron chi connectivity index (χ4n) is 25.4. The van der Waals surface area contributed by atoms with Gasteiger partial charge in [0.05, 0.1) is 60.5 Å². The molecule has 13 aliphatic rings. The Morgan fingerprint density at radius 2 is 0.840 bits per heavy atom. The second-order valence-corrected chi connectivity index (χ2v) is 34.5. The van der Waals surface area contributed by atoms with Crippen LogP contribution < -0.4 is 0 Å². The number of aliphatic hydroxyl groups is 3. The number of Topliss-reactive ketones (excluding diaryl/α,β-unsaturated/α-hetero) is 6. The Hall–Kier alpha value is -4.12. The molecule has 0 unspecified atom stereocenters. The van der Waals surface area contributed by atoms with Crippen LogP contribution >= 0.6 is 15.9 Å². The van der Waals surface area contributed by atoms with Crippen LogP contribution in [0.1, 0.15) is 219 Å². The summed E-state index contributed by atoms with van der Waals surface area (Å²) in [5.74, 6) is 5.10. The second kappa shape index (κ2) is 31.9. The minimum Gasteiger partial charge on any atom is -0.390 e. The van der Waals surface area contributed by atoms with Gasteiger partial charge in [-0.2, -0.15) is 15.0 Å². The maximum atomic E-state index is 13.8. The Balaban J connectivity index is 0.000000167. The smallest absolute Gasteiger partial charge is 0.159 e. The summed E-state index contributed by atoms with van der Waals surface area (Å²) < 4.78 is 19.3. The molecule has 3 N–H and O–H groups in total. The van der Waals surface area contributed by atoms with Gasteiger partial charge < -0.3 is 29.5 Å². The van der Waals surface area contributed by atoms with Crippen molar-refractivity contribution in [1.82, 2.24) is 30.0 Å². The Morgan fingerprint density at radius 1 is 0.490 bits per heavy atom. The zero-order valence-electron chi connectivity index (χ0n) is 59.4. The number of aromatic nitrogens is 6. The van der Waals surface area contributed by atoms with E-state index in [2.05, 4.69) is 88.0 Å². The minimum absolute atomic E-state index is 0. The standard InChI is InChI=1S/2C25H37N3O4.C23H35BrO4.C3H4N2.3CH4/c1-4-32-22-13-24(2)15(11-19(22)29)5-6-16-17-7-8-18(21(31)14-28-10-9-26-27-28)25(17,3)12-20(30)23(16)24;1-4-32-22-13-24(2)15(11-19(22)29)5-6-16-17-7-8-18(21(31)14-28-26-9-10-27-28)25(17,3)12-20(30)23(16)24;1-4-28-20-11-22(2)13(9-17(20)25)5-6-14-15-7-8-16(19(27)12-24)23(15,3)10-18(26)21(14)22;1-2-5-3-4-1;;;/h2*9-10,15-19,22-23,29H,4-8,11-14H2,1-3H3;13-17,20-21,25H,4-12H2,1-3H3;1-2H,3H2;3*1H4/t2*15-,16-,17-,18+,19-,22-,23+,24-,25-;13-,14-,15-,16+,17-,20-,21+,22-,23-;;;;/m000..../s1. The highest BCUT2D eigenvalue weighted by molar-refractivity contribution is 9.09. The van der Waals surface area contributed by atoms with E-state index in [4.69, 9.17) is 14.2 Å². The average Bonchev–Trinajstić information content (AvgIpc) is 1.51. The van der Waals surface area contributed by atoms with Crippen LogP contribution in [0.5, 0.6) is 0 Å². The fourth-order valence-corrected chi connectivity index (χ4v) is 25.8. The van der Waals surface area contributed by atoms with E-state index in [-0.39, 0.29) is 139 Å². The van der Waals surface area contributed by atoms with Crippen molar-refractivity contribution in [2.45, 2.75) is 269 Å². The van der Waals surface area contributed by atoms with Gasteiger partial charge in [0, 0.05) is 93.2 Å². The molecule has 560 valence electrons. The van der Waals surface area contributed by atoms with Crippen molar-refractivity contribution in [2.24, 2.45) is 131 Å². The molecule has 20 nitrogen and oxygen atoms in total. The summed E-state index contributed by atoms with van der Waals surface area (Å²) >= 11 is 3.36. The van der Waals surface area contributed by atoms with E-state index in [1.54, 1.807) is 41.9 Å². The number of aliphatic imine (C=N–C) groups is 2. The van der Waals surface area contributed by atoms with E-state index < -0.39 is 18.3 Å². The highest BCUT2D eigenvalue weighted by atomic mass is 79.9. The third-order valence-corrected chi connectivity index (χ3v) is 30.0. The maximum absolute atomic E-state index is 13.8. The van der Waals surface area contributed by atoms with Crippen molar-refractivity contribution in [3.8, 4) is 0 Å². The topological polar surface area (TPSA) is 277 Å². The zero-order valence-corrected chi connectivity index (χ0v) is 60.9. The molecule has 0 bridgehead atoms. The molecule has 21 heteroatoms. The van der Waals surface area contributed by atoms with Crippen LogP contribution in [0.2, 0.25) is 0 Å². The third-order valence-electron chi connectivity index (χ3n) is 29.5. The number of ether oxygens (including phenoxy) is 3. The molecule has 15 rings (SSSR count). The van der Waals surface area contributed by atoms with Crippen LogP contribution in [0.3, 0.4) is 0 Å². The summed E-state index contributed by atoms with van der Waals surface area (Å²) in [7, 11) is 0. The van der Waals surface area contributed by atoms with Gasteiger partial charge in [-0.1, -0.05) is 85.0 Å². The summed E-state index contributed by atoms with van der Waals surface area (Å²) in [6.45, 7) is 22.2. The SMILES string of the molecule is C.C.C.C1=NCN=C1.CCO[C@H]1C[C@@]2(C)[C@@H](CC[C@H]3[C@@H]4CC[C@H](C(=O)CBr)[C@@]4(C)CC(=O)[C@@H]32)C[C@@H]1O.CCO[C@H]1C[C@@]2(C)[C@@H](CC[C@H]3[C@@H]4CC[C@H](C(=O)Cn5ccnn5)[C@@]4(C)CC(=O)[C@@H]32)C[C@@H]1O.CCO[C@H]1C[C@@]2(C)[C@@H](CC[C@H]3[C@@H]4CC[C@H](C(=O)Cn5nccn5)[C@@]4(C)CC(=O)[C@@H]32)C[C@@H]1O. The number of fused-ring (bicyclic) bond motifs is 15. The molecular formula is C79H125BrN8O12. The first-order valence-corrected chi connectivity index (χ1v) is 38.7. The minimum atomic E-state index is -0.432. The van der Waals surface area contributed by atoms with Crippen LogP contribution in [-0.2, 0) is 56.1 Å². The van der Waals surface area contributed by atoms with Crippen molar-refractivity contribution < 1.29 is 58.3 Å². The largest absolute Gasteiger partial charge is 0.390 e. The molecule has 12 aliphatic carbocycles. The molecule has 1 aliphatic heterocycles. The third kappa shape index (κ3) is 14.3. The lowest BCUT2D eigenvalue weighted by atomic mass is 9.44. The first kappa shape index (κ1) is 80.0. The monoisotopic (exact) mass is 1460 g/mol. The number of nitrogens with zero attached hydrogens (tertiary/aromatic N) is 8. The Bertz CT molecular complexity index is 3070. The average molecular weight is 1460 g/mol. The summed E-state index contributed by atoms with van der Waals surface area (Å²) in [5, 5.41) is 48.3. The number of aliphatic hydroxyl groups excluding tert-OH is 3. The number of rotatable bonds is 14. The molecule has 0 spiro atoms. The molecule has 0 saturated heterocycles. The van der Waals surface area contributed by atoms with Crippen molar-refractivity contribution in [1.29, 1.82) is 0 Å². The molecule has 2 aromatic heterocycles. The first-order chi connectivity index (χ1) is 46.3. The van der Waals surface area contributed by atoms with Crippen molar-refractivity contribution in [2.75, 3.05) is 31.8 Å². The molecular weight excluding hydrogens is 1330 g/mol. The summed E-state index contributed by atoms with van der Waals surface area (Å²) in [4.78, 5) is 89.2. The van der Waals surface area contributed by atoms with Gasteiger partial charge in [0.25, 0.3) is 0 Å². The number of halogens is 1. The lowest BCUT2D eigenvalue weighted by Gasteiger charge is -2.60. The normalized spacial score (nSPS) is 44.3. The van der Waals surface area contributed by atoms with E-state index in [0.29, 0.717) is 122 Å². The number of hydrogen-bond donors (Lipinski definition) is 3. The van der Waals surface area contributed by atoms with Crippen molar-refractivity contribution >= 4 is 63.1 Å². The lowest BCUT2D eigenvalue weighted by molar-refractivity contribution is -0.180. The molecule has 0 aromatic carbocycles. The number of alkyl halides is 1. The van der Waals surface area contributed by atoms with E-state index in [0.717, 1.165) is 116 Å². The number of carbonyl (C=O) groups excluding carboxylic acids is 6. The Labute approximate surface area is 605 Å². The van der Waals surface area contributed by atoms with Crippen molar-refractivity contribution in [3.05, 3.63) is 24.8 Å². The quantitative estimate of drug-likeness (QED) is 0.148. The van der Waals surface area contributed by atoms with Gasteiger partial charge in [-0.15, -0.1) is 5.10 Å². The Kier molecular flexibility index (Phi) is 25.5. The summed E-state index contributed by atoms with van der Waals surface area (Å²) in [6.07, 6.45) is 26.3. The van der Waals surface area contributed by atoms with Gasteiger partial charge in [0.15, 0.2) is 11.6 Å². The van der Waals surface area contributed by atoms with Crippen molar-refractivity contribution in [3.63, 3.8) is 0 Å². The van der Waals surface area contributed by atoms with E-state index in [1.807, 2.05) is 20.8 Å². The fraction of sp³-hybridized carbons (Fsp3) is 0.848. The molecule has 12 fully saturated rings. The van der Waals surface area contributed by atoms with Gasteiger partial charge in [-0.3, -0.25) is 38.8 Å². The molecule has 0 radical (unpaired) electrons. The first-order valence-electron chi connectivity index (χ1n) is 37.6. The summed E-state index contributed by atoms with van der Waals surface area (Å²) in [5.41, 5.74) is -1.02. The van der Waals surface area contributed by atoms with E-state index >= 15 is 0 Å². The maximum Gasteiger partial charge on any atom is 0.159 e. The van der Waals surface area contributed by atoms with Gasteiger partial charge in [0.1, 0.15) is 42.9 Å². The predicted octanol–water partition coefficient (Wildman–Crippen LogP) is 12.3. The van der Waals surface area contributed by atoms with Crippen LogP contribution in [0.25, 0.3) is 0 Å². The molecule has 12 saturated carbocycles. The molecule has 27 atom stereocenters. The van der Waals surface area contributed by atoms with Crippen LogP contribution in [0.4, 0.5) is 0 Å². The highest BCUT2D eigenvalue weighted by Crippen LogP contribution is 2.70. The van der Waals surface area contributed by atoms with Gasteiger partial charge >= 0.3 is 0 Å². The summed E-state index contributed by atoms with van der Waals surface area (Å²) in [6, 6.07) is 0. The lowest BCUT2D eigenvalue weighted by Crippen LogP contribution is -2.60. The van der Waals surface area contributed by atoms with Crippen LogP contribution in [0, 0.1) is 121 Å². The highest BCUT2D eigenvalue weighted by Gasteiger charge is 2.69. The second-order valence-electron chi connectivity index (χ2n) is 33.9. The number of ketones is 6. The van der Waals surface area contributed by atoms with Crippen LogP contribution in [-0.4, -0.2) is 161 Å². The van der Waals surface area contributed by atoms with Crippen LogP contribution in [0.15, 0.2) is 34.8 Å². The van der Waals surface area contributed by atoms with Gasteiger partial charge in [0.2, 0.25) is 0 Å². The zero-order chi connectivity index (χ0) is 69.1. The number of hydrogen-bond acceptors (Lipinski definition) is 18. The molecule has 0 amide bonds. The Morgan fingerprint density at radius 3 is 1.15 bits per heavy atom. The van der Waals surface area contributed by atoms with Gasteiger partial charge in [-0.05, 0) is 222 Å². The van der Waals surface area contributed by atoms with Gasteiger partial charge in [-0.25, -0.2) is 4.68 Å². The molecule has 100 heavy (non-hydrogen) atoms. The number of carbonyl (C=O) groups is 6. The van der Waals surface area contributed by atoms with E-state index in [9.17, 15) is 44.1 Å². The van der Waals surface area contributed by atoms with E-state index in [1.165, 1.54) is 4.80 Å². The predicted molar refractivity (Wildman–Crippen MR) is 388 cm³/mol. The molecule has 2 aromatic rings.